The lowest BCUT2D eigenvalue weighted by atomic mass is 10.1. The van der Waals surface area contributed by atoms with Gasteiger partial charge < -0.3 is 9.30 Å². The molecule has 0 N–H and O–H groups in total. The number of rotatable bonds is 8. The van der Waals surface area contributed by atoms with E-state index >= 15 is 0 Å². The molecular weight excluding hydrogens is 655 g/mol. The predicted octanol–water partition coefficient (Wildman–Crippen LogP) is 8.68. The molecule has 3 aromatic carbocycles. The number of alkyl halides is 3. The first kappa shape index (κ1) is 31.6. The molecule has 0 aliphatic heterocycles. The lowest BCUT2D eigenvalue weighted by molar-refractivity contribution is -0.385. The maximum absolute atomic E-state index is 13.5. The molecule has 9 nitrogen and oxygen atoms in total. The van der Waals surface area contributed by atoms with Gasteiger partial charge in [0.15, 0.2) is 0 Å². The molecule has 0 radical (unpaired) electrons. The van der Waals surface area contributed by atoms with Gasteiger partial charge in [-0.25, -0.2) is 4.98 Å². The monoisotopic (exact) mass is 681 g/mol. The van der Waals surface area contributed by atoms with Gasteiger partial charge in [0.25, 0.3) is 5.56 Å². The molecule has 0 amide bonds. The number of halogens is 4. The standard InChI is InChI=1S/C32H27BrF3N5O4/c1-5-18(2)30-38-27-12-7-23(33)16-26(27)31(42)40(30)37-17-21-14-19(3)39(20(21)4)24-8-10-25(11-9-24)45-29-13-6-22(32(34,35)36)15-28(29)41(43)44/h6-18H,5H2,1-4H3/t18-/m1/s1. The average molecular weight is 682 g/mol. The Morgan fingerprint density at radius 3 is 2.44 bits per heavy atom. The van der Waals surface area contributed by atoms with Crippen LogP contribution in [0.15, 0.2) is 81.1 Å². The molecule has 0 saturated carbocycles. The molecule has 0 fully saturated rings. The molecule has 2 heterocycles. The van der Waals surface area contributed by atoms with Gasteiger partial charge in [-0.2, -0.15) is 22.9 Å². The van der Waals surface area contributed by atoms with Crippen molar-refractivity contribution in [1.29, 1.82) is 0 Å². The van der Waals surface area contributed by atoms with Crippen molar-refractivity contribution in [2.75, 3.05) is 0 Å². The third-order valence-corrected chi connectivity index (χ3v) is 7.97. The third-order valence-electron chi connectivity index (χ3n) is 7.47. The topological polar surface area (TPSA) is 105 Å². The maximum atomic E-state index is 13.5. The lowest BCUT2D eigenvalue weighted by Crippen LogP contribution is -2.23. The molecule has 0 bridgehead atoms. The van der Waals surface area contributed by atoms with Gasteiger partial charge in [-0.15, -0.1) is 0 Å². The Hall–Kier alpha value is -4.78. The van der Waals surface area contributed by atoms with Gasteiger partial charge in [0.2, 0.25) is 5.75 Å². The Balaban J connectivity index is 1.45. The molecule has 232 valence electrons. The lowest BCUT2D eigenvalue weighted by Gasteiger charge is -2.14. The van der Waals surface area contributed by atoms with E-state index in [2.05, 4.69) is 21.0 Å². The zero-order valence-electron chi connectivity index (χ0n) is 24.6. The number of nitro groups is 1. The second kappa shape index (κ2) is 12.3. The maximum Gasteiger partial charge on any atom is 0.416 e. The molecule has 2 aromatic heterocycles. The highest BCUT2D eigenvalue weighted by molar-refractivity contribution is 9.10. The Bertz CT molecular complexity index is 2020. The molecule has 0 aliphatic carbocycles. The Labute approximate surface area is 263 Å². The smallest absolute Gasteiger partial charge is 0.416 e. The summed E-state index contributed by atoms with van der Waals surface area (Å²) >= 11 is 3.42. The van der Waals surface area contributed by atoms with Crippen molar-refractivity contribution >= 4 is 38.7 Å². The first-order valence-corrected chi connectivity index (χ1v) is 14.7. The van der Waals surface area contributed by atoms with Crippen molar-refractivity contribution in [3.63, 3.8) is 0 Å². The van der Waals surface area contributed by atoms with Crippen molar-refractivity contribution in [3.05, 3.63) is 120 Å². The predicted molar refractivity (Wildman–Crippen MR) is 169 cm³/mol. The van der Waals surface area contributed by atoms with Gasteiger partial charge in [0, 0.05) is 39.1 Å². The quantitative estimate of drug-likeness (QED) is 0.0926. The summed E-state index contributed by atoms with van der Waals surface area (Å²) in [6.45, 7) is 7.82. The normalized spacial score (nSPS) is 12.6. The Morgan fingerprint density at radius 1 is 1.09 bits per heavy atom. The zero-order chi connectivity index (χ0) is 32.6. The van der Waals surface area contributed by atoms with Gasteiger partial charge >= 0.3 is 11.9 Å². The van der Waals surface area contributed by atoms with E-state index < -0.39 is 22.4 Å². The van der Waals surface area contributed by atoms with Gasteiger partial charge in [-0.3, -0.25) is 14.9 Å². The fourth-order valence-corrected chi connectivity index (χ4v) is 5.29. The molecule has 0 saturated heterocycles. The highest BCUT2D eigenvalue weighted by Crippen LogP contribution is 2.38. The largest absolute Gasteiger partial charge is 0.450 e. The van der Waals surface area contributed by atoms with Crippen LogP contribution >= 0.6 is 15.9 Å². The second-order valence-electron chi connectivity index (χ2n) is 10.5. The van der Waals surface area contributed by atoms with Crippen LogP contribution in [-0.4, -0.2) is 25.4 Å². The first-order chi connectivity index (χ1) is 21.3. The number of fused-ring (bicyclic) bond motifs is 1. The highest BCUT2D eigenvalue weighted by atomic mass is 79.9. The van der Waals surface area contributed by atoms with Crippen LogP contribution in [0.3, 0.4) is 0 Å². The van der Waals surface area contributed by atoms with Crippen molar-refractivity contribution in [2.24, 2.45) is 5.10 Å². The van der Waals surface area contributed by atoms with E-state index in [4.69, 9.17) is 9.72 Å². The number of aryl methyl sites for hydroxylation is 1. The van der Waals surface area contributed by atoms with E-state index in [1.54, 1.807) is 42.6 Å². The van der Waals surface area contributed by atoms with Crippen LogP contribution in [0.25, 0.3) is 16.6 Å². The summed E-state index contributed by atoms with van der Waals surface area (Å²) in [6, 6.07) is 16.0. The Kier molecular flexibility index (Phi) is 8.66. The van der Waals surface area contributed by atoms with Crippen molar-refractivity contribution in [2.45, 2.75) is 46.2 Å². The van der Waals surface area contributed by atoms with Crippen LogP contribution in [0.5, 0.6) is 11.5 Å². The molecular formula is C32H27BrF3N5O4. The van der Waals surface area contributed by atoms with Crippen molar-refractivity contribution in [3.8, 4) is 17.2 Å². The molecule has 0 aliphatic rings. The van der Waals surface area contributed by atoms with Crippen LogP contribution in [0, 0.1) is 24.0 Å². The van der Waals surface area contributed by atoms with Crippen molar-refractivity contribution < 1.29 is 22.8 Å². The number of hydrogen-bond acceptors (Lipinski definition) is 6. The zero-order valence-corrected chi connectivity index (χ0v) is 26.2. The molecule has 0 spiro atoms. The molecule has 13 heteroatoms. The van der Waals surface area contributed by atoms with Crippen LogP contribution < -0.4 is 10.3 Å². The summed E-state index contributed by atoms with van der Waals surface area (Å²) in [5.41, 5.74) is 1.61. The minimum Gasteiger partial charge on any atom is -0.450 e. The van der Waals surface area contributed by atoms with Crippen LogP contribution in [-0.2, 0) is 6.18 Å². The summed E-state index contributed by atoms with van der Waals surface area (Å²) in [6.07, 6.45) is -2.33. The van der Waals surface area contributed by atoms with Crippen LogP contribution in [0.1, 0.15) is 54.5 Å². The highest BCUT2D eigenvalue weighted by Gasteiger charge is 2.33. The average Bonchev–Trinajstić information content (AvgIpc) is 3.28. The summed E-state index contributed by atoms with van der Waals surface area (Å²) in [7, 11) is 0. The van der Waals surface area contributed by atoms with E-state index in [1.807, 2.05) is 44.4 Å². The van der Waals surface area contributed by atoms with Crippen LogP contribution in [0.4, 0.5) is 18.9 Å². The molecule has 0 unspecified atom stereocenters. The number of nitro benzene ring substituents is 1. The summed E-state index contributed by atoms with van der Waals surface area (Å²) in [5, 5.41) is 16.5. The minimum absolute atomic E-state index is 0.0138. The fourth-order valence-electron chi connectivity index (χ4n) is 4.93. The summed E-state index contributed by atoms with van der Waals surface area (Å²) in [4.78, 5) is 28.7. The Morgan fingerprint density at radius 2 is 1.80 bits per heavy atom. The van der Waals surface area contributed by atoms with E-state index in [-0.39, 0.29) is 23.0 Å². The third kappa shape index (κ3) is 6.39. The molecule has 5 aromatic rings. The summed E-state index contributed by atoms with van der Waals surface area (Å²) < 4.78 is 48.8. The van der Waals surface area contributed by atoms with E-state index in [1.165, 1.54) is 4.68 Å². The number of nitrogens with zero attached hydrogens (tertiary/aromatic N) is 5. The fraction of sp³-hybridized carbons (Fsp3) is 0.219. The van der Waals surface area contributed by atoms with Gasteiger partial charge in [-0.1, -0.05) is 29.8 Å². The minimum atomic E-state index is -4.73. The van der Waals surface area contributed by atoms with E-state index in [0.717, 1.165) is 45.7 Å². The van der Waals surface area contributed by atoms with Gasteiger partial charge in [0.1, 0.15) is 11.6 Å². The van der Waals surface area contributed by atoms with E-state index in [0.29, 0.717) is 22.8 Å². The van der Waals surface area contributed by atoms with E-state index in [9.17, 15) is 28.1 Å². The number of benzene rings is 3. The van der Waals surface area contributed by atoms with Gasteiger partial charge in [-0.05, 0) is 80.9 Å². The SMILES string of the molecule is CC[C@@H](C)c1nc2ccc(Br)cc2c(=O)n1N=Cc1cc(C)n(-c2ccc(Oc3ccc(C(F)(F)F)cc3[N+](=O)[O-])cc2)c1C. The van der Waals surface area contributed by atoms with Crippen molar-refractivity contribution in [1.82, 2.24) is 14.2 Å². The number of aromatic nitrogens is 3. The number of hydrogen-bond donors (Lipinski definition) is 0. The second-order valence-corrected chi connectivity index (χ2v) is 11.4. The summed E-state index contributed by atoms with van der Waals surface area (Å²) in [5.74, 6) is 0.444. The van der Waals surface area contributed by atoms with Gasteiger partial charge in [0.05, 0.1) is 27.6 Å². The first-order valence-electron chi connectivity index (χ1n) is 13.9. The molecule has 45 heavy (non-hydrogen) atoms. The molecule has 5 rings (SSSR count). The van der Waals surface area contributed by atoms with Crippen LogP contribution in [0.2, 0.25) is 0 Å². The number of ether oxygens (including phenoxy) is 1. The molecule has 1 atom stereocenters.